The van der Waals surface area contributed by atoms with Crippen LogP contribution < -0.4 is 15.9 Å². The number of carbonyl (C=O) groups is 1. The summed E-state index contributed by atoms with van der Waals surface area (Å²) in [6, 6.07) is 23.1. The van der Waals surface area contributed by atoms with E-state index in [1.165, 1.54) is 6.21 Å². The first-order chi connectivity index (χ1) is 15.8. The third kappa shape index (κ3) is 6.66. The van der Waals surface area contributed by atoms with Gasteiger partial charge in [-0.3, -0.25) is 9.52 Å². The van der Waals surface area contributed by atoms with Gasteiger partial charge < -0.3 is 11.2 Å². The molecule has 0 aliphatic carbocycles. The molecule has 1 atom stereocenters. The van der Waals surface area contributed by atoms with Crippen molar-refractivity contribution >= 4 is 27.8 Å². The van der Waals surface area contributed by atoms with Crippen LogP contribution in [-0.4, -0.2) is 32.8 Å². The van der Waals surface area contributed by atoms with Gasteiger partial charge in [0.15, 0.2) is 0 Å². The van der Waals surface area contributed by atoms with Crippen molar-refractivity contribution in [1.29, 1.82) is 5.26 Å². The molecule has 0 saturated heterocycles. The van der Waals surface area contributed by atoms with Crippen LogP contribution >= 0.6 is 0 Å². The second kappa shape index (κ2) is 10.4. The molecule has 0 aliphatic heterocycles. The molecule has 0 aliphatic rings. The minimum atomic E-state index is -3.73. The number of nitriles is 1. The van der Waals surface area contributed by atoms with Crippen LogP contribution in [-0.2, 0) is 21.2 Å². The van der Waals surface area contributed by atoms with E-state index in [1.807, 2.05) is 47.2 Å². The van der Waals surface area contributed by atoms with Crippen LogP contribution in [0.25, 0.3) is 11.1 Å². The molecule has 9 heteroatoms. The molecule has 33 heavy (non-hydrogen) atoms. The van der Waals surface area contributed by atoms with Crippen molar-refractivity contribution in [3.63, 3.8) is 0 Å². The number of nitrogens with one attached hydrogen (secondary N) is 2. The number of rotatable bonds is 8. The van der Waals surface area contributed by atoms with Crippen LogP contribution in [0.5, 0.6) is 0 Å². The van der Waals surface area contributed by atoms with E-state index in [-0.39, 0.29) is 6.42 Å². The molecule has 3 rings (SSSR count). The summed E-state index contributed by atoms with van der Waals surface area (Å²) in [6.45, 7) is 0. The molecule has 168 valence electrons. The van der Waals surface area contributed by atoms with E-state index in [0.29, 0.717) is 11.3 Å². The van der Waals surface area contributed by atoms with Gasteiger partial charge in [0, 0.05) is 12.1 Å². The van der Waals surface area contributed by atoms with Crippen molar-refractivity contribution in [3.8, 4) is 17.2 Å². The molecule has 1 amide bonds. The van der Waals surface area contributed by atoms with Crippen LogP contribution in [0, 0.1) is 11.3 Å². The fourth-order valence-electron chi connectivity index (χ4n) is 3.36. The van der Waals surface area contributed by atoms with Crippen molar-refractivity contribution in [2.75, 3.05) is 11.6 Å². The van der Waals surface area contributed by atoms with Gasteiger partial charge in [0.05, 0.1) is 24.1 Å². The lowest BCUT2D eigenvalue weighted by atomic mass is 10.00. The highest BCUT2D eigenvalue weighted by molar-refractivity contribution is 7.89. The first-order valence-electron chi connectivity index (χ1n) is 9.99. The normalized spacial score (nSPS) is 12.1. The Morgan fingerprint density at radius 1 is 1.12 bits per heavy atom. The highest BCUT2D eigenvalue weighted by Gasteiger charge is 2.22. The van der Waals surface area contributed by atoms with Crippen molar-refractivity contribution < 1.29 is 13.2 Å². The van der Waals surface area contributed by atoms with Gasteiger partial charge in [0.25, 0.3) is 5.91 Å². The van der Waals surface area contributed by atoms with Gasteiger partial charge in [-0.1, -0.05) is 54.6 Å². The summed E-state index contributed by atoms with van der Waals surface area (Å²) < 4.78 is 25.3. The lowest BCUT2D eigenvalue weighted by molar-refractivity contribution is -0.120. The molecule has 0 fully saturated rings. The summed E-state index contributed by atoms with van der Waals surface area (Å²) in [6.07, 6.45) is 2.65. The average molecular weight is 462 g/mol. The molecule has 0 radical (unpaired) electrons. The van der Waals surface area contributed by atoms with Crippen molar-refractivity contribution in [2.45, 2.75) is 12.5 Å². The summed E-state index contributed by atoms with van der Waals surface area (Å²) in [4.78, 5) is 12.7. The van der Waals surface area contributed by atoms with Crippen molar-refractivity contribution in [1.82, 2.24) is 4.72 Å². The molecule has 3 aromatic rings. The predicted molar refractivity (Wildman–Crippen MR) is 129 cm³/mol. The lowest BCUT2D eigenvalue weighted by Gasteiger charge is -2.20. The Morgan fingerprint density at radius 3 is 2.52 bits per heavy atom. The second-order valence-corrected chi connectivity index (χ2v) is 9.15. The first-order valence-corrected chi connectivity index (χ1v) is 11.9. The van der Waals surface area contributed by atoms with Gasteiger partial charge >= 0.3 is 0 Å². The third-order valence-corrected chi connectivity index (χ3v) is 5.37. The van der Waals surface area contributed by atoms with Crippen LogP contribution in [0.4, 0.5) is 5.69 Å². The van der Waals surface area contributed by atoms with Crippen LogP contribution in [0.2, 0.25) is 0 Å². The number of hydrogen-bond acceptors (Lipinski definition) is 7. The standard InChI is InChI=1S/C24H23N5O3S/c1-33(31,32)29-24(30)23(14-17-5-4-6-18(13-17)16-27-26)28-21-11-9-19(10-12-21)22-8-3-2-7-20(22)15-25/h2-13,16,23,28H,14,26H2,1H3,(H,29,30)/t23-/m0/s1. The fourth-order valence-corrected chi connectivity index (χ4v) is 3.87. The number of nitrogens with two attached hydrogens (primary N) is 1. The fraction of sp³-hybridized carbons (Fsp3) is 0.125. The van der Waals surface area contributed by atoms with Crippen LogP contribution in [0.15, 0.2) is 77.9 Å². The number of nitrogens with zero attached hydrogens (tertiary/aromatic N) is 2. The maximum atomic E-state index is 12.7. The monoisotopic (exact) mass is 461 g/mol. The minimum absolute atomic E-state index is 0.229. The van der Waals surface area contributed by atoms with E-state index >= 15 is 0 Å². The highest BCUT2D eigenvalue weighted by atomic mass is 32.2. The van der Waals surface area contributed by atoms with Crippen molar-refractivity contribution in [2.24, 2.45) is 10.9 Å². The Bertz CT molecular complexity index is 1310. The van der Waals surface area contributed by atoms with E-state index in [9.17, 15) is 18.5 Å². The van der Waals surface area contributed by atoms with Crippen LogP contribution in [0.1, 0.15) is 16.7 Å². The Labute approximate surface area is 192 Å². The number of carbonyl (C=O) groups excluding carboxylic acids is 1. The average Bonchev–Trinajstić information content (AvgIpc) is 2.78. The third-order valence-electron chi connectivity index (χ3n) is 4.80. The van der Waals surface area contributed by atoms with E-state index in [4.69, 9.17) is 5.84 Å². The van der Waals surface area contributed by atoms with Gasteiger partial charge in [-0.25, -0.2) is 8.42 Å². The van der Waals surface area contributed by atoms with Gasteiger partial charge in [0.2, 0.25) is 10.0 Å². The molecule has 0 spiro atoms. The second-order valence-electron chi connectivity index (χ2n) is 7.40. The Balaban J connectivity index is 1.86. The summed E-state index contributed by atoms with van der Waals surface area (Å²) in [7, 11) is -3.73. The van der Waals surface area contributed by atoms with Crippen LogP contribution in [0.3, 0.4) is 0 Å². The number of anilines is 1. The molecule has 0 heterocycles. The number of benzene rings is 3. The molecule has 8 nitrogen and oxygen atoms in total. The Kier molecular flexibility index (Phi) is 7.43. The van der Waals surface area contributed by atoms with Gasteiger partial charge in [-0.05, 0) is 40.5 Å². The zero-order valence-electron chi connectivity index (χ0n) is 17.9. The molecule has 3 aromatic carbocycles. The number of amides is 1. The minimum Gasteiger partial charge on any atom is -0.373 e. The van der Waals surface area contributed by atoms with E-state index in [0.717, 1.165) is 28.5 Å². The molecule has 0 unspecified atom stereocenters. The van der Waals surface area contributed by atoms with Gasteiger partial charge in [-0.2, -0.15) is 10.4 Å². The smallest absolute Gasteiger partial charge is 0.256 e. The largest absolute Gasteiger partial charge is 0.373 e. The van der Waals surface area contributed by atoms with E-state index < -0.39 is 22.0 Å². The van der Waals surface area contributed by atoms with E-state index in [1.54, 1.807) is 30.3 Å². The summed E-state index contributed by atoms with van der Waals surface area (Å²) in [5.41, 5.74) is 4.40. The maximum absolute atomic E-state index is 12.7. The molecule has 0 aromatic heterocycles. The quantitative estimate of drug-likeness (QED) is 0.268. The van der Waals surface area contributed by atoms with Crippen molar-refractivity contribution in [3.05, 3.63) is 89.5 Å². The zero-order chi connectivity index (χ0) is 23.8. The molecular weight excluding hydrogens is 438 g/mol. The molecule has 0 saturated carbocycles. The Hall–Kier alpha value is -4.16. The number of hydrazone groups is 1. The van der Waals surface area contributed by atoms with Gasteiger partial charge in [0.1, 0.15) is 6.04 Å². The number of hydrogen-bond donors (Lipinski definition) is 3. The Morgan fingerprint density at radius 2 is 1.85 bits per heavy atom. The van der Waals surface area contributed by atoms with E-state index in [2.05, 4.69) is 16.5 Å². The summed E-state index contributed by atoms with van der Waals surface area (Å²) >= 11 is 0. The molecule has 4 N–H and O–H groups in total. The highest BCUT2D eigenvalue weighted by Crippen LogP contribution is 2.25. The topological polar surface area (TPSA) is 137 Å². The van der Waals surface area contributed by atoms with Gasteiger partial charge in [-0.15, -0.1) is 0 Å². The molecular formula is C24H23N5O3S. The molecule has 0 bridgehead atoms. The zero-order valence-corrected chi connectivity index (χ0v) is 18.7. The predicted octanol–water partition coefficient (Wildman–Crippen LogP) is 2.62. The SMILES string of the molecule is CS(=O)(=O)NC(=O)[C@H](Cc1cccc(C=NN)c1)Nc1ccc(-c2ccccc2C#N)cc1. The number of sulfonamides is 1. The maximum Gasteiger partial charge on any atom is 0.256 e. The summed E-state index contributed by atoms with van der Waals surface area (Å²) in [5.74, 6) is 4.54. The summed E-state index contributed by atoms with van der Waals surface area (Å²) in [5, 5.41) is 15.9. The first kappa shape index (κ1) is 23.5. The lowest BCUT2D eigenvalue weighted by Crippen LogP contribution is -2.43.